The van der Waals surface area contributed by atoms with E-state index in [9.17, 15) is 0 Å². The van der Waals surface area contributed by atoms with Crippen molar-refractivity contribution in [2.75, 3.05) is 26.4 Å². The summed E-state index contributed by atoms with van der Waals surface area (Å²) in [5.41, 5.74) is 1.23. The van der Waals surface area contributed by atoms with E-state index in [0.717, 1.165) is 38.3 Å². The van der Waals surface area contributed by atoms with Gasteiger partial charge < -0.3 is 14.8 Å². The van der Waals surface area contributed by atoms with Crippen molar-refractivity contribution in [2.24, 2.45) is 0 Å². The summed E-state index contributed by atoms with van der Waals surface area (Å²) < 4.78 is 11.2. The zero-order valence-corrected chi connectivity index (χ0v) is 12.4. The number of nitrogens with one attached hydrogen (secondary N) is 1. The average molecular weight is 265 g/mol. The summed E-state index contributed by atoms with van der Waals surface area (Å²) in [6.45, 7) is 9.64. The van der Waals surface area contributed by atoms with Crippen LogP contribution in [0.25, 0.3) is 0 Å². The fourth-order valence-corrected chi connectivity index (χ4v) is 1.93. The van der Waals surface area contributed by atoms with E-state index >= 15 is 0 Å². The first-order valence-electron chi connectivity index (χ1n) is 7.32. The maximum atomic E-state index is 5.86. The Morgan fingerprint density at radius 3 is 2.68 bits per heavy atom. The van der Waals surface area contributed by atoms with Crippen LogP contribution in [0.3, 0.4) is 0 Å². The van der Waals surface area contributed by atoms with E-state index < -0.39 is 0 Å². The Hall–Kier alpha value is -1.06. The van der Waals surface area contributed by atoms with Crippen molar-refractivity contribution in [3.05, 3.63) is 29.8 Å². The molecule has 3 heteroatoms. The number of rotatable bonds is 10. The van der Waals surface area contributed by atoms with Gasteiger partial charge in [0.15, 0.2) is 0 Å². The third kappa shape index (κ3) is 6.08. The van der Waals surface area contributed by atoms with Gasteiger partial charge in [0.2, 0.25) is 0 Å². The molecule has 3 nitrogen and oxygen atoms in total. The Morgan fingerprint density at radius 2 is 1.95 bits per heavy atom. The second-order valence-corrected chi connectivity index (χ2v) is 4.61. The highest BCUT2D eigenvalue weighted by Crippen LogP contribution is 2.24. The van der Waals surface area contributed by atoms with Crippen molar-refractivity contribution in [3.63, 3.8) is 0 Å². The van der Waals surface area contributed by atoms with E-state index in [1.54, 1.807) is 0 Å². The van der Waals surface area contributed by atoms with Crippen LogP contribution in [0.4, 0.5) is 0 Å². The summed E-state index contributed by atoms with van der Waals surface area (Å²) in [5.74, 6) is 0.982. The van der Waals surface area contributed by atoms with Gasteiger partial charge in [-0.05, 0) is 32.9 Å². The van der Waals surface area contributed by atoms with Gasteiger partial charge in [-0.15, -0.1) is 0 Å². The number of ether oxygens (including phenoxy) is 2. The molecule has 0 aromatic heterocycles. The first-order valence-corrected chi connectivity index (χ1v) is 7.32. The van der Waals surface area contributed by atoms with Crippen LogP contribution in [-0.2, 0) is 4.74 Å². The molecule has 0 spiro atoms. The molecule has 1 N–H and O–H groups in total. The van der Waals surface area contributed by atoms with E-state index in [2.05, 4.69) is 31.3 Å². The van der Waals surface area contributed by atoms with E-state index in [1.165, 1.54) is 5.56 Å². The molecule has 0 amide bonds. The van der Waals surface area contributed by atoms with Crippen LogP contribution in [0.2, 0.25) is 0 Å². The smallest absolute Gasteiger partial charge is 0.124 e. The van der Waals surface area contributed by atoms with Crippen LogP contribution < -0.4 is 10.1 Å². The Bertz CT molecular complexity index is 341. The molecule has 1 aromatic rings. The number of para-hydroxylation sites is 1. The predicted octanol–water partition coefficient (Wildman–Crippen LogP) is 3.55. The second-order valence-electron chi connectivity index (χ2n) is 4.61. The molecule has 1 atom stereocenters. The first-order chi connectivity index (χ1) is 9.29. The van der Waals surface area contributed by atoms with Gasteiger partial charge in [0.05, 0.1) is 6.61 Å². The topological polar surface area (TPSA) is 30.5 Å². The van der Waals surface area contributed by atoms with Crippen molar-refractivity contribution < 1.29 is 9.47 Å². The van der Waals surface area contributed by atoms with Crippen molar-refractivity contribution in [2.45, 2.75) is 39.7 Å². The normalized spacial score (nSPS) is 12.4. The van der Waals surface area contributed by atoms with Gasteiger partial charge in [-0.1, -0.05) is 25.1 Å². The Balaban J connectivity index is 2.47. The molecule has 0 aliphatic rings. The van der Waals surface area contributed by atoms with Gasteiger partial charge in [0.25, 0.3) is 0 Å². The van der Waals surface area contributed by atoms with E-state index in [4.69, 9.17) is 9.47 Å². The van der Waals surface area contributed by atoms with Gasteiger partial charge in [0, 0.05) is 31.2 Å². The van der Waals surface area contributed by atoms with E-state index in [0.29, 0.717) is 12.6 Å². The minimum absolute atomic E-state index is 0.322. The molecular formula is C16H27NO2. The van der Waals surface area contributed by atoms with Gasteiger partial charge in [-0.3, -0.25) is 0 Å². The molecule has 0 heterocycles. The average Bonchev–Trinajstić information content (AvgIpc) is 2.45. The van der Waals surface area contributed by atoms with Gasteiger partial charge >= 0.3 is 0 Å². The van der Waals surface area contributed by atoms with Crippen molar-refractivity contribution in [1.29, 1.82) is 0 Å². The van der Waals surface area contributed by atoms with Crippen LogP contribution in [0.15, 0.2) is 24.3 Å². The summed E-state index contributed by atoms with van der Waals surface area (Å²) in [4.78, 5) is 0. The highest BCUT2D eigenvalue weighted by molar-refractivity contribution is 5.35. The lowest BCUT2D eigenvalue weighted by Gasteiger charge is -2.18. The van der Waals surface area contributed by atoms with Gasteiger partial charge in [0.1, 0.15) is 5.75 Å². The van der Waals surface area contributed by atoms with Crippen molar-refractivity contribution >= 4 is 0 Å². The minimum atomic E-state index is 0.322. The minimum Gasteiger partial charge on any atom is -0.493 e. The molecule has 0 radical (unpaired) electrons. The monoisotopic (exact) mass is 265 g/mol. The van der Waals surface area contributed by atoms with E-state index in [1.807, 2.05) is 19.1 Å². The van der Waals surface area contributed by atoms with Crippen molar-refractivity contribution in [3.8, 4) is 5.75 Å². The predicted molar refractivity (Wildman–Crippen MR) is 79.8 cm³/mol. The lowest BCUT2D eigenvalue weighted by Crippen LogP contribution is -2.20. The standard InChI is InChI=1S/C16H27NO2/c1-4-11-17-14(3)15-9-6-7-10-16(15)19-13-8-12-18-5-2/h6-7,9-10,14,17H,4-5,8,11-13H2,1-3H3. The second kappa shape index (κ2) is 9.82. The molecular weight excluding hydrogens is 238 g/mol. The van der Waals surface area contributed by atoms with Crippen LogP contribution in [0, 0.1) is 0 Å². The maximum Gasteiger partial charge on any atom is 0.124 e. The van der Waals surface area contributed by atoms with Crippen LogP contribution >= 0.6 is 0 Å². The summed E-state index contributed by atoms with van der Waals surface area (Å²) in [6, 6.07) is 8.58. The number of benzene rings is 1. The highest BCUT2D eigenvalue weighted by atomic mass is 16.5. The van der Waals surface area contributed by atoms with Crippen LogP contribution in [-0.4, -0.2) is 26.4 Å². The third-order valence-corrected chi connectivity index (χ3v) is 2.98. The largest absolute Gasteiger partial charge is 0.493 e. The molecule has 0 saturated heterocycles. The molecule has 108 valence electrons. The summed E-state index contributed by atoms with van der Waals surface area (Å²) in [7, 11) is 0. The van der Waals surface area contributed by atoms with Crippen LogP contribution in [0.5, 0.6) is 5.75 Å². The lowest BCUT2D eigenvalue weighted by atomic mass is 10.1. The molecule has 1 rings (SSSR count). The fourth-order valence-electron chi connectivity index (χ4n) is 1.93. The molecule has 0 aliphatic heterocycles. The van der Waals surface area contributed by atoms with Crippen molar-refractivity contribution in [1.82, 2.24) is 5.32 Å². The Kier molecular flexibility index (Phi) is 8.26. The summed E-state index contributed by atoms with van der Waals surface area (Å²) in [6.07, 6.45) is 2.07. The molecule has 0 saturated carbocycles. The summed E-state index contributed by atoms with van der Waals surface area (Å²) in [5, 5.41) is 3.49. The lowest BCUT2D eigenvalue weighted by molar-refractivity contribution is 0.130. The number of hydrogen-bond donors (Lipinski definition) is 1. The maximum absolute atomic E-state index is 5.86. The molecule has 0 aliphatic carbocycles. The third-order valence-electron chi connectivity index (χ3n) is 2.98. The highest BCUT2D eigenvalue weighted by Gasteiger charge is 2.10. The molecule has 1 unspecified atom stereocenters. The molecule has 1 aromatic carbocycles. The van der Waals surface area contributed by atoms with Gasteiger partial charge in [-0.2, -0.15) is 0 Å². The molecule has 0 fully saturated rings. The molecule has 19 heavy (non-hydrogen) atoms. The SMILES string of the molecule is CCCNC(C)c1ccccc1OCCCOCC. The quantitative estimate of drug-likeness (QED) is 0.656. The zero-order chi connectivity index (χ0) is 13.9. The Labute approximate surface area is 117 Å². The Morgan fingerprint density at radius 1 is 1.16 bits per heavy atom. The first kappa shape index (κ1) is 16.0. The fraction of sp³-hybridized carbons (Fsp3) is 0.625. The summed E-state index contributed by atoms with van der Waals surface area (Å²) >= 11 is 0. The molecule has 0 bridgehead atoms. The zero-order valence-electron chi connectivity index (χ0n) is 12.4. The van der Waals surface area contributed by atoms with Gasteiger partial charge in [-0.25, -0.2) is 0 Å². The number of hydrogen-bond acceptors (Lipinski definition) is 3. The van der Waals surface area contributed by atoms with E-state index in [-0.39, 0.29) is 0 Å². The van der Waals surface area contributed by atoms with Crippen LogP contribution in [0.1, 0.15) is 45.2 Å².